The fraction of sp³-hybridized carbons (Fsp3) is 0.353. The van der Waals surface area contributed by atoms with Gasteiger partial charge in [0, 0.05) is 24.3 Å². The lowest BCUT2D eigenvalue weighted by molar-refractivity contribution is -0.0143. The number of aromatic amines is 1. The average Bonchev–Trinajstić information content (AvgIpc) is 2.55. The highest BCUT2D eigenvalue weighted by atomic mass is 19.1. The maximum atomic E-state index is 13.0. The van der Waals surface area contributed by atoms with Crippen molar-refractivity contribution in [2.24, 2.45) is 0 Å². The van der Waals surface area contributed by atoms with E-state index in [-0.39, 0.29) is 5.82 Å². The number of aromatic nitrogens is 1. The Morgan fingerprint density at radius 1 is 1.35 bits per heavy atom. The first-order chi connectivity index (χ1) is 11.0. The number of nitrogens with zero attached hydrogens (tertiary/aromatic N) is 1. The van der Waals surface area contributed by atoms with E-state index in [4.69, 9.17) is 0 Å². The van der Waals surface area contributed by atoms with Gasteiger partial charge in [-0.05, 0) is 36.1 Å². The maximum Gasteiger partial charge on any atom is 0.290 e. The number of pyridine rings is 1. The van der Waals surface area contributed by atoms with Gasteiger partial charge in [-0.15, -0.1) is 0 Å². The van der Waals surface area contributed by atoms with Gasteiger partial charge in [-0.3, -0.25) is 9.69 Å². The number of hydrogen-bond donors (Lipinski definition) is 3. The third-order valence-corrected chi connectivity index (χ3v) is 4.33. The Balaban J connectivity index is 1.94. The van der Waals surface area contributed by atoms with Crippen molar-refractivity contribution in [2.45, 2.75) is 32.5 Å². The Labute approximate surface area is 133 Å². The van der Waals surface area contributed by atoms with Crippen LogP contribution < -0.4 is 5.56 Å². The predicted octanol–water partition coefficient (Wildman–Crippen LogP) is 1.83. The van der Waals surface area contributed by atoms with Crippen molar-refractivity contribution in [1.29, 1.82) is 0 Å². The SMILES string of the molecule is CCc1[nH]c(=O)c(O)c2c1CCN(Cc1ccc(F)cc1)C2O. The number of nitrogens with one attached hydrogen (secondary N) is 1. The minimum atomic E-state index is -1.06. The maximum absolute atomic E-state index is 13.0. The van der Waals surface area contributed by atoms with E-state index < -0.39 is 17.5 Å². The van der Waals surface area contributed by atoms with Crippen LogP contribution in [-0.2, 0) is 19.4 Å². The Hall–Kier alpha value is -2.18. The molecule has 0 saturated heterocycles. The monoisotopic (exact) mass is 318 g/mol. The van der Waals surface area contributed by atoms with Crippen LogP contribution in [0.5, 0.6) is 5.75 Å². The van der Waals surface area contributed by atoms with Crippen molar-refractivity contribution < 1.29 is 14.6 Å². The Kier molecular flexibility index (Phi) is 4.19. The van der Waals surface area contributed by atoms with Gasteiger partial charge in [-0.2, -0.15) is 0 Å². The van der Waals surface area contributed by atoms with Gasteiger partial charge in [-0.25, -0.2) is 4.39 Å². The summed E-state index contributed by atoms with van der Waals surface area (Å²) in [4.78, 5) is 16.3. The molecule has 0 aliphatic carbocycles. The van der Waals surface area contributed by atoms with Gasteiger partial charge in [-0.1, -0.05) is 19.1 Å². The van der Waals surface area contributed by atoms with Crippen LogP contribution in [0.2, 0.25) is 0 Å². The Morgan fingerprint density at radius 2 is 2.04 bits per heavy atom. The zero-order chi connectivity index (χ0) is 16.6. The van der Waals surface area contributed by atoms with E-state index in [1.54, 1.807) is 17.0 Å². The molecule has 1 aromatic carbocycles. The molecule has 2 heterocycles. The molecule has 1 aliphatic heterocycles. The van der Waals surface area contributed by atoms with Crippen LogP contribution in [0.3, 0.4) is 0 Å². The Bertz CT molecular complexity index is 771. The highest BCUT2D eigenvalue weighted by Gasteiger charge is 2.31. The normalized spacial score (nSPS) is 18.0. The molecule has 1 atom stereocenters. The molecule has 23 heavy (non-hydrogen) atoms. The van der Waals surface area contributed by atoms with Crippen LogP contribution in [0.4, 0.5) is 4.39 Å². The van der Waals surface area contributed by atoms with Crippen LogP contribution in [0.1, 0.15) is 35.5 Å². The number of H-pyrrole nitrogens is 1. The fourth-order valence-electron chi connectivity index (χ4n) is 3.12. The molecule has 5 nitrogen and oxygen atoms in total. The third kappa shape index (κ3) is 2.87. The van der Waals surface area contributed by atoms with Crippen LogP contribution in [0.15, 0.2) is 29.1 Å². The smallest absolute Gasteiger partial charge is 0.290 e. The second kappa shape index (κ2) is 6.14. The molecule has 2 aromatic rings. The number of halogens is 1. The lowest BCUT2D eigenvalue weighted by Crippen LogP contribution is -2.37. The van der Waals surface area contributed by atoms with Gasteiger partial charge in [0.25, 0.3) is 5.56 Å². The summed E-state index contributed by atoms with van der Waals surface area (Å²) in [6.07, 6.45) is 0.195. The molecule has 1 aliphatic rings. The lowest BCUT2D eigenvalue weighted by Gasteiger charge is -2.34. The van der Waals surface area contributed by atoms with Crippen LogP contribution in [0.25, 0.3) is 0 Å². The van der Waals surface area contributed by atoms with Crippen LogP contribution in [-0.4, -0.2) is 26.6 Å². The van der Waals surface area contributed by atoms with E-state index >= 15 is 0 Å². The van der Waals surface area contributed by atoms with Crippen LogP contribution in [0, 0.1) is 5.82 Å². The quantitative estimate of drug-likeness (QED) is 0.807. The number of aromatic hydroxyl groups is 1. The molecule has 0 radical (unpaired) electrons. The molecule has 0 saturated carbocycles. The highest BCUT2D eigenvalue weighted by Crippen LogP contribution is 2.34. The molecular weight excluding hydrogens is 299 g/mol. The van der Waals surface area contributed by atoms with Gasteiger partial charge in [0.1, 0.15) is 12.0 Å². The number of aliphatic hydroxyl groups is 1. The summed E-state index contributed by atoms with van der Waals surface area (Å²) in [5.74, 6) is -0.733. The van der Waals surface area contributed by atoms with E-state index in [0.717, 1.165) is 16.8 Å². The largest absolute Gasteiger partial charge is 0.503 e. The summed E-state index contributed by atoms with van der Waals surface area (Å²) >= 11 is 0. The summed E-state index contributed by atoms with van der Waals surface area (Å²) in [7, 11) is 0. The number of aliphatic hydroxyl groups excluding tert-OH is 1. The molecule has 0 amide bonds. The van der Waals surface area contributed by atoms with Crippen molar-refractivity contribution in [2.75, 3.05) is 6.54 Å². The zero-order valence-corrected chi connectivity index (χ0v) is 12.8. The molecule has 3 N–H and O–H groups in total. The van der Waals surface area contributed by atoms with Gasteiger partial charge >= 0.3 is 0 Å². The molecule has 6 heteroatoms. The van der Waals surface area contributed by atoms with E-state index in [9.17, 15) is 19.4 Å². The summed E-state index contributed by atoms with van der Waals surface area (Å²) in [5.41, 5.74) is 2.13. The number of rotatable bonds is 3. The molecule has 122 valence electrons. The van der Waals surface area contributed by atoms with Gasteiger partial charge in [0.15, 0.2) is 5.75 Å². The fourth-order valence-corrected chi connectivity index (χ4v) is 3.12. The molecular formula is C17H19FN2O3. The van der Waals surface area contributed by atoms with E-state index in [2.05, 4.69) is 4.98 Å². The van der Waals surface area contributed by atoms with E-state index in [1.165, 1.54) is 12.1 Å². The van der Waals surface area contributed by atoms with Crippen molar-refractivity contribution in [3.8, 4) is 5.75 Å². The highest BCUT2D eigenvalue weighted by molar-refractivity contribution is 5.43. The van der Waals surface area contributed by atoms with Gasteiger partial charge in [0.2, 0.25) is 0 Å². The van der Waals surface area contributed by atoms with E-state index in [0.29, 0.717) is 31.5 Å². The summed E-state index contributed by atoms with van der Waals surface area (Å²) in [5, 5.41) is 20.7. The van der Waals surface area contributed by atoms with Gasteiger partial charge in [0.05, 0.1) is 0 Å². The minimum absolute atomic E-state index is 0.291. The molecule has 0 spiro atoms. The molecule has 3 rings (SSSR count). The predicted molar refractivity (Wildman–Crippen MR) is 83.6 cm³/mol. The first-order valence-corrected chi connectivity index (χ1v) is 7.64. The molecule has 1 unspecified atom stereocenters. The number of hydrogen-bond acceptors (Lipinski definition) is 4. The minimum Gasteiger partial charge on any atom is -0.503 e. The second-order valence-electron chi connectivity index (χ2n) is 5.75. The average molecular weight is 318 g/mol. The number of benzene rings is 1. The molecule has 1 aromatic heterocycles. The van der Waals surface area contributed by atoms with Crippen molar-refractivity contribution in [1.82, 2.24) is 9.88 Å². The van der Waals surface area contributed by atoms with Crippen molar-refractivity contribution in [3.05, 3.63) is 62.8 Å². The molecule has 0 fully saturated rings. The Morgan fingerprint density at radius 3 is 2.70 bits per heavy atom. The first kappa shape index (κ1) is 15.7. The van der Waals surface area contributed by atoms with E-state index in [1.807, 2.05) is 6.92 Å². The summed E-state index contributed by atoms with van der Waals surface area (Å²) in [6.45, 7) is 2.92. The van der Waals surface area contributed by atoms with Crippen molar-refractivity contribution in [3.63, 3.8) is 0 Å². The number of aryl methyl sites for hydroxylation is 1. The first-order valence-electron chi connectivity index (χ1n) is 7.64. The standard InChI is InChI=1S/C17H19FN2O3/c1-2-13-12-7-8-20(9-10-3-5-11(18)6-4-10)17(23)14(12)15(21)16(22)19-13/h3-6,17,21,23H,2,7-9H2,1H3,(H,19,22). The third-order valence-electron chi connectivity index (χ3n) is 4.33. The summed E-state index contributed by atoms with van der Waals surface area (Å²) < 4.78 is 13.0. The number of fused-ring (bicyclic) bond motifs is 1. The van der Waals surface area contributed by atoms with Gasteiger partial charge < -0.3 is 15.2 Å². The lowest BCUT2D eigenvalue weighted by atomic mass is 9.94. The van der Waals surface area contributed by atoms with Crippen LogP contribution >= 0.6 is 0 Å². The molecule has 0 bridgehead atoms. The topological polar surface area (TPSA) is 76.6 Å². The van der Waals surface area contributed by atoms with Crippen molar-refractivity contribution >= 4 is 0 Å². The second-order valence-corrected chi connectivity index (χ2v) is 5.75. The summed E-state index contributed by atoms with van der Waals surface area (Å²) in [6, 6.07) is 6.06. The zero-order valence-electron chi connectivity index (χ0n) is 12.8.